The van der Waals surface area contributed by atoms with Crippen LogP contribution >= 0.6 is 11.3 Å². The molecule has 6 nitrogen and oxygen atoms in total. The quantitative estimate of drug-likeness (QED) is 0.844. The number of rotatable bonds is 6. The SMILES string of the molecule is CCCn1nccc1NC(=O)NC[C@@H](C)N1CCc2sccc2C1. The number of hydrogen-bond acceptors (Lipinski definition) is 4. The minimum Gasteiger partial charge on any atom is -0.336 e. The number of nitrogens with zero attached hydrogens (tertiary/aromatic N) is 3. The number of anilines is 1. The van der Waals surface area contributed by atoms with Gasteiger partial charge in [0.2, 0.25) is 0 Å². The smallest absolute Gasteiger partial charge is 0.320 e. The van der Waals surface area contributed by atoms with E-state index in [0.717, 1.165) is 38.3 Å². The number of nitrogens with one attached hydrogen (secondary N) is 2. The summed E-state index contributed by atoms with van der Waals surface area (Å²) in [7, 11) is 0. The fourth-order valence-electron chi connectivity index (χ4n) is 3.01. The van der Waals surface area contributed by atoms with Gasteiger partial charge in [-0.3, -0.25) is 10.2 Å². The molecule has 1 aliphatic heterocycles. The minimum absolute atomic E-state index is 0.173. The molecule has 0 aromatic carbocycles. The molecule has 2 N–H and O–H groups in total. The molecule has 0 bridgehead atoms. The van der Waals surface area contributed by atoms with Crippen molar-refractivity contribution in [1.82, 2.24) is 20.0 Å². The molecule has 0 radical (unpaired) electrons. The Labute approximate surface area is 146 Å². The summed E-state index contributed by atoms with van der Waals surface area (Å²) in [6.45, 7) is 7.72. The lowest BCUT2D eigenvalue weighted by Crippen LogP contribution is -2.45. The van der Waals surface area contributed by atoms with Gasteiger partial charge in [-0.2, -0.15) is 5.10 Å². The molecule has 0 saturated heterocycles. The zero-order chi connectivity index (χ0) is 16.9. The van der Waals surface area contributed by atoms with Crippen molar-refractivity contribution in [1.29, 1.82) is 0 Å². The van der Waals surface area contributed by atoms with E-state index in [0.29, 0.717) is 12.6 Å². The van der Waals surface area contributed by atoms with Gasteiger partial charge in [0.05, 0.1) is 6.20 Å². The maximum atomic E-state index is 12.1. The number of carbonyl (C=O) groups is 1. The van der Waals surface area contributed by atoms with Crippen LogP contribution in [0.25, 0.3) is 0 Å². The van der Waals surface area contributed by atoms with Gasteiger partial charge < -0.3 is 5.32 Å². The van der Waals surface area contributed by atoms with Crippen LogP contribution in [0.5, 0.6) is 0 Å². The maximum Gasteiger partial charge on any atom is 0.320 e. The lowest BCUT2D eigenvalue weighted by Gasteiger charge is -2.32. The third-order valence-corrected chi connectivity index (χ3v) is 5.44. The minimum atomic E-state index is -0.173. The second-order valence-corrected chi connectivity index (χ2v) is 7.21. The number of aromatic nitrogens is 2. The van der Waals surface area contributed by atoms with E-state index in [1.807, 2.05) is 22.1 Å². The van der Waals surface area contributed by atoms with Gasteiger partial charge in [-0.05, 0) is 36.8 Å². The van der Waals surface area contributed by atoms with Crippen molar-refractivity contribution >= 4 is 23.2 Å². The molecule has 24 heavy (non-hydrogen) atoms. The summed E-state index contributed by atoms with van der Waals surface area (Å²) in [6, 6.07) is 4.17. The molecule has 0 unspecified atom stereocenters. The first-order valence-electron chi connectivity index (χ1n) is 8.53. The van der Waals surface area contributed by atoms with Gasteiger partial charge in [-0.15, -0.1) is 11.3 Å². The lowest BCUT2D eigenvalue weighted by atomic mass is 10.1. The number of aryl methyl sites for hydroxylation is 1. The van der Waals surface area contributed by atoms with E-state index < -0.39 is 0 Å². The predicted molar refractivity (Wildman–Crippen MR) is 97.4 cm³/mol. The Hall–Kier alpha value is -1.86. The van der Waals surface area contributed by atoms with E-state index in [9.17, 15) is 4.79 Å². The highest BCUT2D eigenvalue weighted by Gasteiger charge is 2.21. The Morgan fingerprint density at radius 1 is 1.46 bits per heavy atom. The highest BCUT2D eigenvalue weighted by atomic mass is 32.1. The highest BCUT2D eigenvalue weighted by molar-refractivity contribution is 7.10. The molecule has 7 heteroatoms. The van der Waals surface area contributed by atoms with Crippen molar-refractivity contribution in [2.24, 2.45) is 0 Å². The van der Waals surface area contributed by atoms with Crippen molar-refractivity contribution in [2.45, 2.75) is 45.8 Å². The van der Waals surface area contributed by atoms with Gasteiger partial charge >= 0.3 is 6.03 Å². The number of amides is 2. The highest BCUT2D eigenvalue weighted by Crippen LogP contribution is 2.24. The Morgan fingerprint density at radius 2 is 2.33 bits per heavy atom. The van der Waals surface area contributed by atoms with Gasteiger partial charge in [0.25, 0.3) is 0 Å². The number of carbonyl (C=O) groups excluding carboxylic acids is 1. The second kappa shape index (κ2) is 7.81. The van der Waals surface area contributed by atoms with Crippen LogP contribution in [0.4, 0.5) is 10.6 Å². The average Bonchev–Trinajstić information content (AvgIpc) is 3.21. The normalized spacial score (nSPS) is 15.8. The number of urea groups is 1. The van der Waals surface area contributed by atoms with E-state index in [-0.39, 0.29) is 6.03 Å². The summed E-state index contributed by atoms with van der Waals surface area (Å²) < 4.78 is 1.81. The first kappa shape index (κ1) is 17.0. The van der Waals surface area contributed by atoms with Crippen LogP contribution in [0.2, 0.25) is 0 Å². The van der Waals surface area contributed by atoms with Crippen molar-refractivity contribution in [3.8, 4) is 0 Å². The second-order valence-electron chi connectivity index (χ2n) is 6.21. The molecule has 0 fully saturated rings. The van der Waals surface area contributed by atoms with Crippen LogP contribution in [-0.2, 0) is 19.5 Å². The van der Waals surface area contributed by atoms with E-state index in [1.54, 1.807) is 6.20 Å². The van der Waals surface area contributed by atoms with E-state index >= 15 is 0 Å². The topological polar surface area (TPSA) is 62.2 Å². The van der Waals surface area contributed by atoms with Crippen molar-refractivity contribution < 1.29 is 4.79 Å². The van der Waals surface area contributed by atoms with Crippen molar-refractivity contribution in [3.63, 3.8) is 0 Å². The van der Waals surface area contributed by atoms with Crippen LogP contribution in [0.3, 0.4) is 0 Å². The molecule has 1 aliphatic rings. The zero-order valence-electron chi connectivity index (χ0n) is 14.3. The standard InChI is InChI=1S/C17H25N5OS/c1-3-8-22-16(4-7-19-22)20-17(23)18-11-13(2)21-9-5-15-14(12-21)6-10-24-15/h4,6-7,10,13H,3,5,8-9,11-12H2,1-2H3,(H2,18,20,23)/t13-/m1/s1. The first-order chi connectivity index (χ1) is 11.7. The van der Waals surface area contributed by atoms with E-state index in [1.165, 1.54) is 10.4 Å². The van der Waals surface area contributed by atoms with Crippen LogP contribution in [-0.4, -0.2) is 39.8 Å². The van der Waals surface area contributed by atoms with Gasteiger partial charge in [-0.25, -0.2) is 9.48 Å². The predicted octanol–water partition coefficient (Wildman–Crippen LogP) is 2.92. The Kier molecular flexibility index (Phi) is 5.52. The summed E-state index contributed by atoms with van der Waals surface area (Å²) in [5, 5.41) is 12.2. The van der Waals surface area contributed by atoms with Crippen molar-refractivity contribution in [2.75, 3.05) is 18.4 Å². The molecule has 3 heterocycles. The average molecular weight is 347 g/mol. The third kappa shape index (κ3) is 3.96. The van der Waals surface area contributed by atoms with Crippen LogP contribution in [0.15, 0.2) is 23.7 Å². The van der Waals surface area contributed by atoms with Crippen LogP contribution in [0, 0.1) is 0 Å². The van der Waals surface area contributed by atoms with E-state index in [2.05, 4.69) is 45.9 Å². The molecule has 3 rings (SSSR count). The zero-order valence-corrected chi connectivity index (χ0v) is 15.1. The molecule has 130 valence electrons. The molecule has 0 aliphatic carbocycles. The van der Waals surface area contributed by atoms with Gasteiger partial charge in [-0.1, -0.05) is 6.92 Å². The molecule has 0 spiro atoms. The Morgan fingerprint density at radius 3 is 3.17 bits per heavy atom. The molecule has 2 aromatic rings. The molecular formula is C17H25N5OS. The van der Waals surface area contributed by atoms with Crippen LogP contribution in [0.1, 0.15) is 30.7 Å². The first-order valence-corrected chi connectivity index (χ1v) is 9.41. The van der Waals surface area contributed by atoms with Crippen LogP contribution < -0.4 is 10.6 Å². The fraction of sp³-hybridized carbons (Fsp3) is 0.529. The molecular weight excluding hydrogens is 322 g/mol. The van der Waals surface area contributed by atoms with Gasteiger partial charge in [0.15, 0.2) is 0 Å². The Balaban J connectivity index is 1.47. The third-order valence-electron chi connectivity index (χ3n) is 4.41. The molecule has 2 amide bonds. The summed E-state index contributed by atoms with van der Waals surface area (Å²) in [4.78, 5) is 16.1. The lowest BCUT2D eigenvalue weighted by molar-refractivity contribution is 0.188. The Bertz CT molecular complexity index is 680. The summed E-state index contributed by atoms with van der Waals surface area (Å²) in [5.74, 6) is 0.739. The molecule has 2 aromatic heterocycles. The summed E-state index contributed by atoms with van der Waals surface area (Å²) >= 11 is 1.85. The largest absolute Gasteiger partial charge is 0.336 e. The molecule has 1 atom stereocenters. The van der Waals surface area contributed by atoms with E-state index in [4.69, 9.17) is 0 Å². The maximum absolute atomic E-state index is 12.1. The fourth-order valence-corrected chi connectivity index (χ4v) is 3.90. The van der Waals surface area contributed by atoms with Gasteiger partial charge in [0, 0.05) is 43.2 Å². The number of thiophene rings is 1. The summed E-state index contributed by atoms with van der Waals surface area (Å²) in [6.07, 6.45) is 3.80. The van der Waals surface area contributed by atoms with Gasteiger partial charge in [0.1, 0.15) is 5.82 Å². The molecule has 0 saturated carbocycles. The van der Waals surface area contributed by atoms with Crippen molar-refractivity contribution in [3.05, 3.63) is 34.2 Å². The number of hydrogen-bond donors (Lipinski definition) is 2. The number of fused-ring (bicyclic) bond motifs is 1. The summed E-state index contributed by atoms with van der Waals surface area (Å²) in [5.41, 5.74) is 1.44. The monoisotopic (exact) mass is 347 g/mol.